The van der Waals surface area contributed by atoms with Gasteiger partial charge in [0.15, 0.2) is 0 Å². The molecule has 1 radical (unpaired) electrons. The van der Waals surface area contributed by atoms with Crippen LogP contribution in [0.1, 0.15) is 25.1 Å². The van der Waals surface area contributed by atoms with Crippen molar-refractivity contribution in [3.63, 3.8) is 0 Å². The largest absolute Gasteiger partial charge is 0.486 e. The fourth-order valence-electron chi connectivity index (χ4n) is 5.63. The van der Waals surface area contributed by atoms with Crippen LogP contribution in [0, 0.1) is 19.1 Å². The molecular weight excluding hydrogens is 737 g/mol. The Kier molecular flexibility index (Phi) is 9.30. The summed E-state index contributed by atoms with van der Waals surface area (Å²) in [6.45, 7) is 14.3. The summed E-state index contributed by atoms with van der Waals surface area (Å²) in [4.78, 5) is 14.0. The van der Waals surface area contributed by atoms with E-state index in [0.717, 1.165) is 68.7 Å². The Balaban J connectivity index is 0.000000181. The molecule has 0 aliphatic carbocycles. The van der Waals surface area contributed by atoms with Crippen molar-refractivity contribution < 1.29 is 24.5 Å². The Hall–Kier alpha value is -3.90. The molecule has 0 bridgehead atoms. The van der Waals surface area contributed by atoms with E-state index < -0.39 is 8.07 Å². The predicted octanol–water partition coefficient (Wildman–Crippen LogP) is 8.78. The van der Waals surface area contributed by atoms with Crippen LogP contribution in [0.3, 0.4) is 0 Å². The first-order chi connectivity index (χ1) is 20.8. The zero-order valence-electron chi connectivity index (χ0n) is 26.0. The van der Waals surface area contributed by atoms with Crippen molar-refractivity contribution in [2.24, 2.45) is 0 Å². The molecule has 0 N–H and O–H groups in total. The van der Waals surface area contributed by atoms with Crippen LogP contribution >= 0.6 is 0 Å². The molecule has 4 heterocycles. The fourth-order valence-corrected chi connectivity index (χ4v) is 7.30. The zero-order chi connectivity index (χ0) is 30.1. The predicted molar refractivity (Wildman–Crippen MR) is 180 cm³/mol. The van der Waals surface area contributed by atoms with E-state index in [2.05, 4.69) is 90.6 Å². The maximum atomic E-state index is 6.12. The average Bonchev–Trinajstić information content (AvgIpc) is 3.58. The minimum atomic E-state index is -1.30. The molecule has 7 rings (SSSR count). The standard InChI is InChI=1S/C21H16N3O.C16H20NSi.Ir/c1-3-24-18-10-5-4-9-17(18)23-20(24)16-8-6-7-14-15-12-11-13(2)22-21(15)25-19(14)16;1-5-13-11-15(14-9-7-6-8-10-14)17-12-16(13)18(2,3)4;/h4-7,9-12H,3H2,1-2H3;6-9,11-12H,5H2,1-4H3;/q2*-1;. The normalized spacial score (nSPS) is 11.4. The number of nitrogens with zero attached hydrogens (tertiary/aromatic N) is 4. The van der Waals surface area contributed by atoms with Crippen LogP contribution in [0.2, 0.25) is 19.6 Å². The van der Waals surface area contributed by atoms with Gasteiger partial charge < -0.3 is 14.0 Å². The Morgan fingerprint density at radius 3 is 2.39 bits per heavy atom. The van der Waals surface area contributed by atoms with Gasteiger partial charge in [-0.1, -0.05) is 61.3 Å². The second-order valence-electron chi connectivity index (χ2n) is 11.8. The van der Waals surface area contributed by atoms with Crippen LogP contribution in [0.4, 0.5) is 0 Å². The van der Waals surface area contributed by atoms with Crippen molar-refractivity contribution in [2.45, 2.75) is 53.4 Å². The quantitative estimate of drug-likeness (QED) is 0.130. The topological polar surface area (TPSA) is 56.7 Å². The van der Waals surface area contributed by atoms with Crippen molar-refractivity contribution >= 4 is 46.4 Å². The first kappa shape index (κ1) is 31.5. The Morgan fingerprint density at radius 2 is 1.66 bits per heavy atom. The number of fused-ring (bicyclic) bond motifs is 4. The molecule has 7 aromatic rings. The Labute approximate surface area is 273 Å². The number of pyridine rings is 2. The molecule has 0 amide bonds. The average molecular weight is 773 g/mol. The molecule has 7 heteroatoms. The molecule has 0 aliphatic heterocycles. The molecule has 5 nitrogen and oxygen atoms in total. The number of para-hydroxylation sites is 2. The molecule has 0 saturated carbocycles. The first-order valence-corrected chi connectivity index (χ1v) is 18.4. The van der Waals surface area contributed by atoms with Gasteiger partial charge in [-0.2, -0.15) is 0 Å². The van der Waals surface area contributed by atoms with Gasteiger partial charge in [0.25, 0.3) is 0 Å². The van der Waals surface area contributed by atoms with Crippen LogP contribution in [-0.2, 0) is 33.1 Å². The van der Waals surface area contributed by atoms with Crippen molar-refractivity contribution in [3.8, 4) is 22.6 Å². The third kappa shape index (κ3) is 6.05. The number of imidazole rings is 1. The third-order valence-corrected chi connectivity index (χ3v) is 9.86. The van der Waals surface area contributed by atoms with Crippen molar-refractivity contribution in [1.82, 2.24) is 19.5 Å². The molecule has 225 valence electrons. The van der Waals surface area contributed by atoms with Gasteiger partial charge in [0, 0.05) is 43.9 Å². The molecule has 0 fully saturated rings. The Morgan fingerprint density at radius 1 is 0.864 bits per heavy atom. The van der Waals surface area contributed by atoms with E-state index in [1.54, 1.807) is 0 Å². The van der Waals surface area contributed by atoms with Crippen LogP contribution < -0.4 is 5.19 Å². The van der Waals surface area contributed by atoms with Crippen molar-refractivity contribution in [2.75, 3.05) is 0 Å². The number of aryl methyl sites for hydroxylation is 3. The van der Waals surface area contributed by atoms with Crippen molar-refractivity contribution in [3.05, 3.63) is 108 Å². The number of furan rings is 1. The van der Waals surface area contributed by atoms with Crippen LogP contribution in [0.15, 0.2) is 89.5 Å². The molecule has 0 unspecified atom stereocenters. The van der Waals surface area contributed by atoms with Crippen LogP contribution in [0.5, 0.6) is 0 Å². The monoisotopic (exact) mass is 773 g/mol. The van der Waals surface area contributed by atoms with E-state index in [4.69, 9.17) is 9.40 Å². The number of aromatic nitrogens is 4. The molecule has 44 heavy (non-hydrogen) atoms. The minimum absolute atomic E-state index is 0. The summed E-state index contributed by atoms with van der Waals surface area (Å²) in [6.07, 6.45) is 3.16. The van der Waals surface area contributed by atoms with Gasteiger partial charge in [0.1, 0.15) is 0 Å². The molecule has 0 spiro atoms. The summed E-state index contributed by atoms with van der Waals surface area (Å²) < 4.78 is 8.32. The molecular formula is C37H36IrN4OSi-2. The summed E-state index contributed by atoms with van der Waals surface area (Å²) in [6, 6.07) is 33.1. The SMILES string of the molecule is CCc1cc(-c2[c-]cccc2)ncc1[Si](C)(C)C.CCn1c(-c2[c-]ccc3c2oc2nc(C)ccc23)nc2ccccc21.[Ir]. The number of benzene rings is 3. The molecule has 3 aromatic carbocycles. The molecule has 0 aliphatic rings. The van der Waals surface area contributed by atoms with Gasteiger partial charge >= 0.3 is 0 Å². The van der Waals surface area contributed by atoms with E-state index in [-0.39, 0.29) is 20.1 Å². The number of hydrogen-bond donors (Lipinski definition) is 0. The van der Waals surface area contributed by atoms with Crippen LogP contribution in [0.25, 0.3) is 55.7 Å². The fraction of sp³-hybridized carbons (Fsp3) is 0.216. The summed E-state index contributed by atoms with van der Waals surface area (Å²) in [5.74, 6) is 0.880. The second-order valence-corrected chi connectivity index (χ2v) is 16.8. The van der Waals surface area contributed by atoms with E-state index >= 15 is 0 Å². The Bertz CT molecular complexity index is 2060. The van der Waals surface area contributed by atoms with Gasteiger partial charge in [-0.15, -0.1) is 54.1 Å². The van der Waals surface area contributed by atoms with Gasteiger partial charge in [-0.3, -0.25) is 4.98 Å². The second kappa shape index (κ2) is 13.0. The summed E-state index contributed by atoms with van der Waals surface area (Å²) in [5.41, 5.74) is 8.94. The van der Waals surface area contributed by atoms with Crippen LogP contribution in [-0.4, -0.2) is 27.6 Å². The maximum Gasteiger partial charge on any atom is 0.216 e. The first-order valence-electron chi connectivity index (χ1n) is 14.9. The molecule has 0 saturated heterocycles. The zero-order valence-corrected chi connectivity index (χ0v) is 29.4. The molecule has 4 aromatic heterocycles. The smallest absolute Gasteiger partial charge is 0.216 e. The van der Waals surface area contributed by atoms with Gasteiger partial charge in [-0.25, -0.2) is 4.98 Å². The van der Waals surface area contributed by atoms with Gasteiger partial charge in [-0.05, 0) is 55.4 Å². The van der Waals surface area contributed by atoms with E-state index in [0.29, 0.717) is 5.71 Å². The van der Waals surface area contributed by atoms with Gasteiger partial charge in [0.05, 0.1) is 30.5 Å². The molecule has 0 atom stereocenters. The van der Waals surface area contributed by atoms with Crippen molar-refractivity contribution in [1.29, 1.82) is 0 Å². The van der Waals surface area contributed by atoms with E-state index in [1.807, 2.05) is 61.5 Å². The number of hydrogen-bond acceptors (Lipinski definition) is 4. The maximum absolute atomic E-state index is 6.12. The third-order valence-electron chi connectivity index (χ3n) is 7.80. The minimum Gasteiger partial charge on any atom is -0.486 e. The summed E-state index contributed by atoms with van der Waals surface area (Å²) in [7, 11) is -1.30. The summed E-state index contributed by atoms with van der Waals surface area (Å²) >= 11 is 0. The van der Waals surface area contributed by atoms with Gasteiger partial charge in [0.2, 0.25) is 5.71 Å². The van der Waals surface area contributed by atoms with E-state index in [9.17, 15) is 0 Å². The number of rotatable bonds is 5. The van der Waals surface area contributed by atoms with E-state index in [1.165, 1.54) is 10.8 Å². The summed E-state index contributed by atoms with van der Waals surface area (Å²) in [5, 5.41) is 3.55.